The molecule has 25 heavy (non-hydrogen) atoms. The molecule has 1 amide bonds. The van der Waals surface area contributed by atoms with E-state index >= 15 is 0 Å². The smallest absolute Gasteiger partial charge is 0.258 e. The fourth-order valence-electron chi connectivity index (χ4n) is 2.78. The standard InChI is InChI=1S/C18H19FN4O2/c1-21-17(24)15-13-8-7-12(9-14(13)22-16(15)20)23(2)18(25)10-3-5-11(19)6-4-10/h3-9,17,21-22,24H,20H2,1-2H3. The number of hydrogen-bond donors (Lipinski definition) is 4. The molecule has 0 fully saturated rings. The summed E-state index contributed by atoms with van der Waals surface area (Å²) in [5, 5.41) is 13.5. The van der Waals surface area contributed by atoms with Gasteiger partial charge in [-0.15, -0.1) is 0 Å². The van der Waals surface area contributed by atoms with E-state index in [2.05, 4.69) is 10.3 Å². The lowest BCUT2D eigenvalue weighted by Gasteiger charge is -2.18. The molecule has 0 bridgehead atoms. The molecule has 0 radical (unpaired) electrons. The van der Waals surface area contributed by atoms with E-state index in [0.717, 1.165) is 5.39 Å². The number of aliphatic hydroxyl groups excluding tert-OH is 1. The maximum absolute atomic E-state index is 13.0. The number of rotatable bonds is 4. The Kier molecular flexibility index (Phi) is 4.43. The Bertz CT molecular complexity index is 921. The molecule has 0 aliphatic carbocycles. The number of nitrogens with one attached hydrogen (secondary N) is 2. The summed E-state index contributed by atoms with van der Waals surface area (Å²) in [4.78, 5) is 17.0. The molecule has 7 heteroatoms. The third-order valence-electron chi connectivity index (χ3n) is 4.18. The molecule has 1 atom stereocenters. The van der Waals surface area contributed by atoms with Crippen molar-refractivity contribution >= 4 is 28.3 Å². The second-order valence-electron chi connectivity index (χ2n) is 5.74. The number of aromatic nitrogens is 1. The van der Waals surface area contributed by atoms with Crippen LogP contribution in [-0.4, -0.2) is 30.1 Å². The second kappa shape index (κ2) is 6.54. The molecule has 2 aromatic carbocycles. The summed E-state index contributed by atoms with van der Waals surface area (Å²) in [6.07, 6.45) is -0.891. The Hall–Kier alpha value is -2.90. The summed E-state index contributed by atoms with van der Waals surface area (Å²) < 4.78 is 13.0. The van der Waals surface area contributed by atoms with Crippen molar-refractivity contribution in [2.24, 2.45) is 0 Å². The second-order valence-corrected chi connectivity index (χ2v) is 5.74. The summed E-state index contributed by atoms with van der Waals surface area (Å²) in [5.41, 5.74) is 8.26. The number of anilines is 2. The highest BCUT2D eigenvalue weighted by Crippen LogP contribution is 2.31. The first-order chi connectivity index (χ1) is 11.9. The molecule has 1 aromatic heterocycles. The first kappa shape index (κ1) is 16.9. The molecule has 0 spiro atoms. The van der Waals surface area contributed by atoms with E-state index in [4.69, 9.17) is 5.73 Å². The third-order valence-corrected chi connectivity index (χ3v) is 4.18. The maximum Gasteiger partial charge on any atom is 0.258 e. The lowest BCUT2D eigenvalue weighted by Crippen LogP contribution is -2.26. The molecule has 3 aromatic rings. The zero-order chi connectivity index (χ0) is 18.1. The first-order valence-electron chi connectivity index (χ1n) is 7.72. The highest BCUT2D eigenvalue weighted by molar-refractivity contribution is 6.06. The van der Waals surface area contributed by atoms with E-state index in [9.17, 15) is 14.3 Å². The average molecular weight is 342 g/mol. The van der Waals surface area contributed by atoms with Gasteiger partial charge in [0.2, 0.25) is 0 Å². The SMILES string of the molecule is CNC(O)c1c(N)[nH]c2cc(N(C)C(=O)c3ccc(F)cc3)ccc12. The Morgan fingerprint density at radius 2 is 1.96 bits per heavy atom. The molecule has 5 N–H and O–H groups in total. The number of carbonyl (C=O) groups is 1. The van der Waals surface area contributed by atoms with Crippen LogP contribution in [0.15, 0.2) is 42.5 Å². The number of nitrogens with zero attached hydrogens (tertiary/aromatic N) is 1. The summed E-state index contributed by atoms with van der Waals surface area (Å²) in [6.45, 7) is 0. The Labute approximate surface area is 144 Å². The van der Waals surface area contributed by atoms with Gasteiger partial charge < -0.3 is 20.7 Å². The van der Waals surface area contributed by atoms with Gasteiger partial charge in [-0.1, -0.05) is 6.07 Å². The first-order valence-corrected chi connectivity index (χ1v) is 7.72. The van der Waals surface area contributed by atoms with E-state index in [1.165, 1.54) is 29.2 Å². The molecule has 0 saturated heterocycles. The van der Waals surface area contributed by atoms with E-state index in [-0.39, 0.29) is 5.91 Å². The van der Waals surface area contributed by atoms with Crippen molar-refractivity contribution in [3.63, 3.8) is 0 Å². The number of H-pyrrole nitrogens is 1. The summed E-state index contributed by atoms with van der Waals surface area (Å²) in [5.74, 6) is -0.283. The number of nitrogen functional groups attached to an aromatic ring is 1. The highest BCUT2D eigenvalue weighted by Gasteiger charge is 2.18. The van der Waals surface area contributed by atoms with Gasteiger partial charge in [-0.3, -0.25) is 10.1 Å². The number of amides is 1. The summed E-state index contributed by atoms with van der Waals surface area (Å²) in [7, 11) is 3.27. The number of aromatic amines is 1. The van der Waals surface area contributed by atoms with Crippen molar-refractivity contribution in [1.82, 2.24) is 10.3 Å². The average Bonchev–Trinajstić information content (AvgIpc) is 2.95. The van der Waals surface area contributed by atoms with Gasteiger partial charge in [-0.2, -0.15) is 0 Å². The van der Waals surface area contributed by atoms with Gasteiger partial charge in [0, 0.05) is 34.8 Å². The van der Waals surface area contributed by atoms with Crippen molar-refractivity contribution in [1.29, 1.82) is 0 Å². The predicted octanol–water partition coefficient (Wildman–Crippen LogP) is 2.38. The minimum Gasteiger partial charge on any atom is -0.385 e. The lowest BCUT2D eigenvalue weighted by molar-refractivity contribution is 0.0993. The zero-order valence-corrected chi connectivity index (χ0v) is 13.9. The van der Waals surface area contributed by atoms with Crippen LogP contribution >= 0.6 is 0 Å². The van der Waals surface area contributed by atoms with E-state index in [1.54, 1.807) is 32.3 Å². The molecule has 0 aliphatic heterocycles. The number of aliphatic hydroxyl groups is 1. The van der Waals surface area contributed by atoms with Crippen LogP contribution in [-0.2, 0) is 0 Å². The minimum absolute atomic E-state index is 0.255. The van der Waals surface area contributed by atoms with Crippen LogP contribution in [0.5, 0.6) is 0 Å². The zero-order valence-electron chi connectivity index (χ0n) is 13.9. The third kappa shape index (κ3) is 3.07. The van der Waals surface area contributed by atoms with Crippen LogP contribution in [0.2, 0.25) is 0 Å². The van der Waals surface area contributed by atoms with Crippen LogP contribution in [0.1, 0.15) is 22.1 Å². The number of halogens is 1. The van der Waals surface area contributed by atoms with Crippen LogP contribution in [0.3, 0.4) is 0 Å². The van der Waals surface area contributed by atoms with Crippen molar-refractivity contribution in [3.8, 4) is 0 Å². The van der Waals surface area contributed by atoms with Gasteiger partial charge in [-0.05, 0) is 43.4 Å². The summed E-state index contributed by atoms with van der Waals surface area (Å²) >= 11 is 0. The molecular weight excluding hydrogens is 323 g/mol. The quantitative estimate of drug-likeness (QED) is 0.548. The summed E-state index contributed by atoms with van der Waals surface area (Å²) in [6, 6.07) is 10.7. The van der Waals surface area contributed by atoms with Crippen molar-refractivity contribution in [2.75, 3.05) is 24.7 Å². The van der Waals surface area contributed by atoms with E-state index < -0.39 is 12.0 Å². The van der Waals surface area contributed by atoms with Gasteiger partial charge in [-0.25, -0.2) is 4.39 Å². The van der Waals surface area contributed by atoms with Gasteiger partial charge in [0.05, 0.1) is 0 Å². The van der Waals surface area contributed by atoms with Crippen LogP contribution in [0.25, 0.3) is 10.9 Å². The minimum atomic E-state index is -0.891. The van der Waals surface area contributed by atoms with Gasteiger partial charge in [0.1, 0.15) is 17.9 Å². The van der Waals surface area contributed by atoms with E-state index in [1.807, 2.05) is 0 Å². The number of benzene rings is 2. The molecule has 0 saturated carbocycles. The monoisotopic (exact) mass is 342 g/mol. The fraction of sp³-hybridized carbons (Fsp3) is 0.167. The predicted molar refractivity (Wildman–Crippen MR) is 95.9 cm³/mol. The molecule has 130 valence electrons. The van der Waals surface area contributed by atoms with Crippen LogP contribution < -0.4 is 16.0 Å². The van der Waals surface area contributed by atoms with Crippen LogP contribution in [0.4, 0.5) is 15.9 Å². The topological polar surface area (TPSA) is 94.4 Å². The number of hydrogen-bond acceptors (Lipinski definition) is 4. The fourth-order valence-corrected chi connectivity index (χ4v) is 2.78. The molecule has 1 heterocycles. The number of carbonyl (C=O) groups excluding carboxylic acids is 1. The van der Waals surface area contributed by atoms with Gasteiger partial charge in [0.25, 0.3) is 5.91 Å². The van der Waals surface area contributed by atoms with Crippen LogP contribution in [0, 0.1) is 5.82 Å². The molecule has 3 rings (SSSR count). The van der Waals surface area contributed by atoms with Gasteiger partial charge >= 0.3 is 0 Å². The molecule has 1 unspecified atom stereocenters. The molecule has 0 aliphatic rings. The Morgan fingerprint density at radius 1 is 1.28 bits per heavy atom. The Morgan fingerprint density at radius 3 is 2.60 bits per heavy atom. The lowest BCUT2D eigenvalue weighted by atomic mass is 10.1. The number of fused-ring (bicyclic) bond motifs is 1. The largest absolute Gasteiger partial charge is 0.385 e. The normalized spacial score (nSPS) is 12.3. The number of nitrogens with two attached hydrogens (primary N) is 1. The maximum atomic E-state index is 13.0. The van der Waals surface area contributed by atoms with E-state index in [0.29, 0.717) is 28.1 Å². The molecular formula is C18H19FN4O2. The van der Waals surface area contributed by atoms with Crippen molar-refractivity contribution < 1.29 is 14.3 Å². The van der Waals surface area contributed by atoms with Crippen molar-refractivity contribution in [3.05, 3.63) is 59.4 Å². The van der Waals surface area contributed by atoms with Gasteiger partial charge in [0.15, 0.2) is 0 Å². The Balaban J connectivity index is 1.96. The highest BCUT2D eigenvalue weighted by atomic mass is 19.1. The van der Waals surface area contributed by atoms with Crippen molar-refractivity contribution in [2.45, 2.75) is 6.23 Å². The molecule has 6 nitrogen and oxygen atoms in total.